The molecule has 0 aliphatic heterocycles. The van der Waals surface area contributed by atoms with Crippen molar-refractivity contribution < 1.29 is 0 Å². The molecule has 0 aromatic heterocycles. The van der Waals surface area contributed by atoms with Crippen LogP contribution in [0.2, 0.25) is 0 Å². The number of benzene rings is 9. The maximum Gasteiger partial charge on any atom is -0.00201 e. The fourth-order valence-electron chi connectivity index (χ4n) is 7.23. The van der Waals surface area contributed by atoms with Crippen molar-refractivity contribution in [3.8, 4) is 44.5 Å². The van der Waals surface area contributed by atoms with Gasteiger partial charge in [-0.15, -0.1) is 0 Å². The van der Waals surface area contributed by atoms with Crippen LogP contribution in [0.5, 0.6) is 0 Å². The highest BCUT2D eigenvalue weighted by Gasteiger charge is 2.18. The average molecular weight is 583 g/mol. The largest absolute Gasteiger partial charge is 0.0622 e. The third-order valence-electron chi connectivity index (χ3n) is 9.45. The molecule has 0 aliphatic rings. The minimum Gasteiger partial charge on any atom is -0.0622 e. The summed E-state index contributed by atoms with van der Waals surface area (Å²) in [4.78, 5) is 0. The highest BCUT2D eigenvalue weighted by atomic mass is 14.2. The molecule has 46 heavy (non-hydrogen) atoms. The third kappa shape index (κ3) is 4.38. The molecule has 0 bridgehead atoms. The maximum atomic E-state index is 2.38. The summed E-state index contributed by atoms with van der Waals surface area (Å²) in [6, 6.07) is 66.5. The van der Waals surface area contributed by atoms with Crippen LogP contribution in [0.3, 0.4) is 0 Å². The van der Waals surface area contributed by atoms with Crippen LogP contribution in [0.25, 0.3) is 87.6 Å². The van der Waals surface area contributed by atoms with Gasteiger partial charge in [-0.25, -0.2) is 0 Å². The molecule has 9 rings (SSSR count). The van der Waals surface area contributed by atoms with Crippen molar-refractivity contribution in [2.45, 2.75) is 0 Å². The van der Waals surface area contributed by atoms with Crippen molar-refractivity contribution in [1.82, 2.24) is 0 Å². The van der Waals surface area contributed by atoms with E-state index in [2.05, 4.69) is 182 Å². The summed E-state index contributed by atoms with van der Waals surface area (Å²) in [7, 11) is 0. The lowest BCUT2D eigenvalue weighted by Crippen LogP contribution is -1.91. The second-order valence-corrected chi connectivity index (χ2v) is 12.1. The van der Waals surface area contributed by atoms with Gasteiger partial charge in [0.05, 0.1) is 0 Å². The molecule has 0 radical (unpaired) electrons. The first-order valence-electron chi connectivity index (χ1n) is 15.9. The van der Waals surface area contributed by atoms with Crippen LogP contribution in [0.4, 0.5) is 0 Å². The molecule has 0 aliphatic carbocycles. The summed E-state index contributed by atoms with van der Waals surface area (Å²) in [5.74, 6) is 0. The van der Waals surface area contributed by atoms with E-state index in [0.717, 1.165) is 0 Å². The molecule has 0 nitrogen and oxygen atoms in total. The highest BCUT2D eigenvalue weighted by molar-refractivity contribution is 6.23. The quantitative estimate of drug-likeness (QED) is 0.181. The van der Waals surface area contributed by atoms with Crippen LogP contribution < -0.4 is 0 Å². The Kier molecular flexibility index (Phi) is 6.25. The first-order chi connectivity index (χ1) is 22.8. The van der Waals surface area contributed by atoms with Gasteiger partial charge in [0, 0.05) is 0 Å². The van der Waals surface area contributed by atoms with Crippen LogP contribution >= 0.6 is 0 Å². The highest BCUT2D eigenvalue weighted by Crippen LogP contribution is 2.45. The molecule has 0 heterocycles. The zero-order chi connectivity index (χ0) is 30.5. The molecule has 0 saturated heterocycles. The van der Waals surface area contributed by atoms with Gasteiger partial charge in [-0.3, -0.25) is 0 Å². The Bertz CT molecular complexity index is 2500. The standard InChI is InChI=1S/C46H30/c1-2-12-35(13-3-1)45-39-16-6-8-18-41(39)46(42-19-9-7-17-40(42)45)43-20-10-15-34-26-28-38(30-44(34)43)33-23-21-32(22-24-33)37-27-25-31-11-4-5-14-36(31)29-37/h1-30H. The van der Waals surface area contributed by atoms with Crippen molar-refractivity contribution >= 4 is 43.1 Å². The fraction of sp³-hybridized carbons (Fsp3) is 0. The molecule has 9 aromatic carbocycles. The Morgan fingerprint density at radius 2 is 0.696 bits per heavy atom. The molecule has 0 unspecified atom stereocenters. The van der Waals surface area contributed by atoms with Crippen molar-refractivity contribution in [3.05, 3.63) is 182 Å². The number of rotatable bonds is 4. The Morgan fingerprint density at radius 3 is 1.35 bits per heavy atom. The smallest absolute Gasteiger partial charge is 0.00201 e. The van der Waals surface area contributed by atoms with Gasteiger partial charge in [-0.05, 0) is 99.7 Å². The second kappa shape index (κ2) is 10.9. The third-order valence-corrected chi connectivity index (χ3v) is 9.45. The second-order valence-electron chi connectivity index (χ2n) is 12.1. The van der Waals surface area contributed by atoms with E-state index in [4.69, 9.17) is 0 Å². The first kappa shape index (κ1) is 26.4. The van der Waals surface area contributed by atoms with Crippen LogP contribution in [0.1, 0.15) is 0 Å². The number of hydrogen-bond donors (Lipinski definition) is 0. The van der Waals surface area contributed by atoms with E-state index >= 15 is 0 Å². The minimum absolute atomic E-state index is 1.22. The lowest BCUT2D eigenvalue weighted by atomic mass is 9.84. The van der Waals surface area contributed by atoms with Crippen molar-refractivity contribution in [2.75, 3.05) is 0 Å². The van der Waals surface area contributed by atoms with Gasteiger partial charge in [0.25, 0.3) is 0 Å². The van der Waals surface area contributed by atoms with E-state index in [1.165, 1.54) is 87.6 Å². The van der Waals surface area contributed by atoms with Gasteiger partial charge in [0.1, 0.15) is 0 Å². The van der Waals surface area contributed by atoms with Gasteiger partial charge < -0.3 is 0 Å². The summed E-state index contributed by atoms with van der Waals surface area (Å²) >= 11 is 0. The van der Waals surface area contributed by atoms with Gasteiger partial charge in [0.2, 0.25) is 0 Å². The van der Waals surface area contributed by atoms with Crippen LogP contribution in [0, 0.1) is 0 Å². The predicted molar refractivity (Wildman–Crippen MR) is 198 cm³/mol. The van der Waals surface area contributed by atoms with E-state index in [0.29, 0.717) is 0 Å². The Morgan fingerprint density at radius 1 is 0.217 bits per heavy atom. The van der Waals surface area contributed by atoms with E-state index in [-0.39, 0.29) is 0 Å². The molecule has 0 amide bonds. The van der Waals surface area contributed by atoms with E-state index < -0.39 is 0 Å². The average Bonchev–Trinajstić information content (AvgIpc) is 3.13. The molecule has 0 spiro atoms. The first-order valence-corrected chi connectivity index (χ1v) is 15.9. The summed E-state index contributed by atoms with van der Waals surface area (Å²) in [5, 5.41) is 10.2. The summed E-state index contributed by atoms with van der Waals surface area (Å²) in [6.07, 6.45) is 0. The van der Waals surface area contributed by atoms with Gasteiger partial charge >= 0.3 is 0 Å². The zero-order valence-corrected chi connectivity index (χ0v) is 25.3. The van der Waals surface area contributed by atoms with E-state index in [1.807, 2.05) is 0 Å². The molecular formula is C46H30. The minimum atomic E-state index is 1.22. The zero-order valence-electron chi connectivity index (χ0n) is 25.3. The fourth-order valence-corrected chi connectivity index (χ4v) is 7.23. The summed E-state index contributed by atoms with van der Waals surface area (Å²) in [5.41, 5.74) is 10.0. The van der Waals surface area contributed by atoms with Crippen molar-refractivity contribution in [2.24, 2.45) is 0 Å². The van der Waals surface area contributed by atoms with Crippen LogP contribution in [-0.2, 0) is 0 Å². The predicted octanol–water partition coefficient (Wildman–Crippen LogP) is 13.0. The number of fused-ring (bicyclic) bond motifs is 4. The normalized spacial score (nSPS) is 11.5. The molecule has 214 valence electrons. The van der Waals surface area contributed by atoms with Crippen molar-refractivity contribution in [3.63, 3.8) is 0 Å². The molecule has 0 heteroatoms. The Hall–Kier alpha value is -5.98. The molecule has 0 N–H and O–H groups in total. The molecule has 9 aromatic rings. The van der Waals surface area contributed by atoms with E-state index in [1.54, 1.807) is 0 Å². The topological polar surface area (TPSA) is 0 Å². The molecule has 0 saturated carbocycles. The lowest BCUT2D eigenvalue weighted by Gasteiger charge is -2.19. The monoisotopic (exact) mass is 582 g/mol. The Balaban J connectivity index is 1.21. The van der Waals surface area contributed by atoms with Crippen LogP contribution in [0.15, 0.2) is 182 Å². The van der Waals surface area contributed by atoms with Gasteiger partial charge in [-0.1, -0.05) is 170 Å². The maximum absolute atomic E-state index is 2.38. The summed E-state index contributed by atoms with van der Waals surface area (Å²) in [6.45, 7) is 0. The van der Waals surface area contributed by atoms with E-state index in [9.17, 15) is 0 Å². The lowest BCUT2D eigenvalue weighted by molar-refractivity contribution is 1.61. The Labute approximate surface area is 268 Å². The summed E-state index contributed by atoms with van der Waals surface area (Å²) < 4.78 is 0. The number of hydrogen-bond acceptors (Lipinski definition) is 0. The van der Waals surface area contributed by atoms with Gasteiger partial charge in [0.15, 0.2) is 0 Å². The van der Waals surface area contributed by atoms with Gasteiger partial charge in [-0.2, -0.15) is 0 Å². The molecule has 0 atom stereocenters. The molecular weight excluding hydrogens is 553 g/mol. The SMILES string of the molecule is c1ccc(-c2c3ccccc3c(-c3cccc4ccc(-c5ccc(-c6ccc7ccccc7c6)cc5)cc34)c3ccccc23)cc1. The van der Waals surface area contributed by atoms with Crippen molar-refractivity contribution in [1.29, 1.82) is 0 Å². The van der Waals surface area contributed by atoms with Crippen LogP contribution in [-0.4, -0.2) is 0 Å². The molecule has 0 fully saturated rings.